The second kappa shape index (κ2) is 11.5. The first-order valence-corrected chi connectivity index (χ1v) is 12.1. The van der Waals surface area contributed by atoms with Crippen LogP contribution >= 0.6 is 0 Å². The predicted octanol–water partition coefficient (Wildman–Crippen LogP) is 6.14. The van der Waals surface area contributed by atoms with Crippen molar-refractivity contribution in [3.05, 3.63) is 24.3 Å². The molecule has 1 aromatic carbocycles. The number of benzene rings is 1. The number of hydrogen-bond donors (Lipinski definition) is 2. The van der Waals surface area contributed by atoms with Crippen LogP contribution in [0.15, 0.2) is 24.3 Å². The van der Waals surface area contributed by atoms with Gasteiger partial charge < -0.3 is 5.32 Å². The molecule has 1 unspecified atom stereocenters. The van der Waals surface area contributed by atoms with Crippen LogP contribution in [-0.4, -0.2) is 19.1 Å². The fourth-order valence-corrected chi connectivity index (χ4v) is 4.73. The molecule has 6 heteroatoms. The van der Waals surface area contributed by atoms with Crippen molar-refractivity contribution < 1.29 is 13.0 Å². The van der Waals surface area contributed by atoms with Crippen molar-refractivity contribution in [1.29, 1.82) is 0 Å². The highest BCUT2D eigenvalue weighted by Crippen LogP contribution is 2.37. The first kappa shape index (κ1) is 22.0. The van der Waals surface area contributed by atoms with Gasteiger partial charge in [0.25, 0.3) is 0 Å². The Hall–Kier alpha value is -1.27. The standard InChI is InChI=1S/C21H36N2O3S/c1-2-3-4-5-6-7-8-9-10-11-12-13-18-21-22-19-16-14-15-17-20(19)23(21)27(24,25)26/h14-17,21-22H,2-13,18H2,1H3,(H,24,25,26). The van der Waals surface area contributed by atoms with Crippen molar-refractivity contribution >= 4 is 21.7 Å². The fraction of sp³-hybridized carbons (Fsp3) is 0.714. The molecule has 0 bridgehead atoms. The third-order valence-electron chi connectivity index (χ3n) is 5.33. The number of fused-ring (bicyclic) bond motifs is 1. The number of hydrogen-bond acceptors (Lipinski definition) is 3. The van der Waals surface area contributed by atoms with Gasteiger partial charge in [0.2, 0.25) is 0 Å². The van der Waals surface area contributed by atoms with E-state index in [2.05, 4.69) is 12.2 Å². The summed E-state index contributed by atoms with van der Waals surface area (Å²) in [4.78, 5) is 0. The molecule has 0 aliphatic carbocycles. The van der Waals surface area contributed by atoms with E-state index in [-0.39, 0.29) is 6.17 Å². The largest absolute Gasteiger partial charge is 0.363 e. The van der Waals surface area contributed by atoms with Gasteiger partial charge in [-0.05, 0) is 25.0 Å². The zero-order chi connectivity index (χ0) is 19.5. The molecular formula is C21H36N2O3S. The highest BCUT2D eigenvalue weighted by atomic mass is 32.2. The molecule has 1 aliphatic rings. The minimum absolute atomic E-state index is 0.388. The molecule has 0 fully saturated rings. The molecule has 5 nitrogen and oxygen atoms in total. The lowest BCUT2D eigenvalue weighted by molar-refractivity contribution is 0.467. The molecule has 0 radical (unpaired) electrons. The Morgan fingerprint density at radius 2 is 1.41 bits per heavy atom. The predicted molar refractivity (Wildman–Crippen MR) is 114 cm³/mol. The summed E-state index contributed by atoms with van der Waals surface area (Å²) in [5.41, 5.74) is 1.29. The SMILES string of the molecule is CCCCCCCCCCCCCCC1Nc2ccccc2N1S(=O)(=O)O. The number of unbranched alkanes of at least 4 members (excludes halogenated alkanes) is 11. The molecule has 0 spiro atoms. The Balaban J connectivity index is 1.58. The van der Waals surface area contributed by atoms with Gasteiger partial charge in [-0.25, -0.2) is 4.31 Å². The molecule has 27 heavy (non-hydrogen) atoms. The molecule has 1 atom stereocenters. The van der Waals surface area contributed by atoms with Gasteiger partial charge in [0.15, 0.2) is 0 Å². The van der Waals surface area contributed by atoms with E-state index >= 15 is 0 Å². The number of para-hydroxylation sites is 2. The van der Waals surface area contributed by atoms with Crippen LogP contribution in [0.2, 0.25) is 0 Å². The van der Waals surface area contributed by atoms with E-state index in [0.717, 1.165) is 22.8 Å². The van der Waals surface area contributed by atoms with E-state index in [1.807, 2.05) is 12.1 Å². The van der Waals surface area contributed by atoms with Gasteiger partial charge in [-0.1, -0.05) is 89.7 Å². The molecule has 1 aromatic rings. The quantitative estimate of drug-likeness (QED) is 0.293. The van der Waals surface area contributed by atoms with E-state index < -0.39 is 10.3 Å². The van der Waals surface area contributed by atoms with Crippen LogP contribution in [0.4, 0.5) is 11.4 Å². The smallest absolute Gasteiger partial charge is 0.361 e. The second-order valence-electron chi connectivity index (χ2n) is 7.63. The monoisotopic (exact) mass is 396 g/mol. The highest BCUT2D eigenvalue weighted by Gasteiger charge is 2.35. The zero-order valence-electron chi connectivity index (χ0n) is 16.7. The molecule has 2 N–H and O–H groups in total. The lowest BCUT2D eigenvalue weighted by Crippen LogP contribution is -2.40. The van der Waals surface area contributed by atoms with Crippen LogP contribution in [0.5, 0.6) is 0 Å². The van der Waals surface area contributed by atoms with Crippen molar-refractivity contribution in [2.45, 2.75) is 96.6 Å². The molecule has 0 saturated heterocycles. The van der Waals surface area contributed by atoms with Gasteiger partial charge >= 0.3 is 10.3 Å². The maximum atomic E-state index is 11.8. The van der Waals surface area contributed by atoms with Gasteiger partial charge in [0, 0.05) is 0 Å². The molecule has 0 saturated carbocycles. The lowest BCUT2D eigenvalue weighted by atomic mass is 10.0. The van der Waals surface area contributed by atoms with Crippen molar-refractivity contribution in [1.82, 2.24) is 0 Å². The normalized spacial score (nSPS) is 16.4. The van der Waals surface area contributed by atoms with Crippen LogP contribution in [0.25, 0.3) is 0 Å². The van der Waals surface area contributed by atoms with Crippen molar-refractivity contribution in [2.75, 3.05) is 9.62 Å². The van der Waals surface area contributed by atoms with Gasteiger partial charge in [-0.3, -0.25) is 4.55 Å². The van der Waals surface area contributed by atoms with Crippen molar-refractivity contribution in [3.63, 3.8) is 0 Å². The third-order valence-corrected chi connectivity index (χ3v) is 6.27. The van der Waals surface area contributed by atoms with Crippen LogP contribution in [-0.2, 0) is 10.3 Å². The maximum Gasteiger partial charge on any atom is 0.361 e. The number of anilines is 2. The number of nitrogens with zero attached hydrogens (tertiary/aromatic N) is 1. The summed E-state index contributed by atoms with van der Waals surface area (Å²) in [7, 11) is -4.26. The zero-order valence-corrected chi connectivity index (χ0v) is 17.5. The van der Waals surface area contributed by atoms with Crippen molar-refractivity contribution in [2.24, 2.45) is 0 Å². The van der Waals surface area contributed by atoms with Crippen LogP contribution in [0, 0.1) is 0 Å². The van der Waals surface area contributed by atoms with Crippen molar-refractivity contribution in [3.8, 4) is 0 Å². The molecule has 2 rings (SSSR count). The van der Waals surface area contributed by atoms with E-state index in [1.165, 1.54) is 64.2 Å². The lowest BCUT2D eigenvalue weighted by Gasteiger charge is -2.23. The summed E-state index contributed by atoms with van der Waals surface area (Å²) in [5, 5.41) is 3.22. The summed E-state index contributed by atoms with van der Waals surface area (Å²) in [6.45, 7) is 2.25. The molecule has 0 amide bonds. The summed E-state index contributed by atoms with van der Waals surface area (Å²) in [5.74, 6) is 0. The summed E-state index contributed by atoms with van der Waals surface area (Å²) >= 11 is 0. The first-order chi connectivity index (χ1) is 13.0. The minimum atomic E-state index is -4.26. The van der Waals surface area contributed by atoms with E-state index in [1.54, 1.807) is 12.1 Å². The average Bonchev–Trinajstić information content (AvgIpc) is 3.01. The Kier molecular flexibility index (Phi) is 9.42. The van der Waals surface area contributed by atoms with E-state index in [9.17, 15) is 13.0 Å². The van der Waals surface area contributed by atoms with Gasteiger partial charge in [0.1, 0.15) is 6.17 Å². The highest BCUT2D eigenvalue weighted by molar-refractivity contribution is 7.87. The van der Waals surface area contributed by atoms with E-state index in [4.69, 9.17) is 0 Å². The first-order valence-electron chi connectivity index (χ1n) is 10.7. The van der Waals surface area contributed by atoms with Crippen LogP contribution < -0.4 is 9.62 Å². The maximum absolute atomic E-state index is 11.8. The van der Waals surface area contributed by atoms with E-state index in [0.29, 0.717) is 12.1 Å². The third kappa shape index (κ3) is 7.34. The van der Waals surface area contributed by atoms with Gasteiger partial charge in [-0.2, -0.15) is 8.42 Å². The molecule has 0 aromatic heterocycles. The van der Waals surface area contributed by atoms with Gasteiger partial charge in [-0.15, -0.1) is 0 Å². The topological polar surface area (TPSA) is 69.6 Å². The second-order valence-corrected chi connectivity index (χ2v) is 8.92. The fourth-order valence-electron chi connectivity index (χ4n) is 3.85. The Labute approximate surface area is 165 Å². The Bertz CT molecular complexity index is 649. The molecule has 1 heterocycles. The summed E-state index contributed by atoms with van der Waals surface area (Å²) in [6, 6.07) is 7.21. The molecular weight excluding hydrogens is 360 g/mol. The summed E-state index contributed by atoms with van der Waals surface area (Å²) < 4.78 is 34.2. The molecule has 154 valence electrons. The van der Waals surface area contributed by atoms with Crippen LogP contribution in [0.3, 0.4) is 0 Å². The summed E-state index contributed by atoms with van der Waals surface area (Å²) in [6.07, 6.45) is 15.6. The average molecular weight is 397 g/mol. The Morgan fingerprint density at radius 3 is 1.96 bits per heavy atom. The van der Waals surface area contributed by atoms with Gasteiger partial charge in [0.05, 0.1) is 11.4 Å². The number of rotatable bonds is 14. The molecule has 1 aliphatic heterocycles. The van der Waals surface area contributed by atoms with Crippen LogP contribution in [0.1, 0.15) is 90.4 Å². The number of nitrogens with one attached hydrogen (secondary N) is 1. The Morgan fingerprint density at radius 1 is 0.889 bits per heavy atom. The minimum Gasteiger partial charge on any atom is -0.363 e.